The summed E-state index contributed by atoms with van der Waals surface area (Å²) in [6, 6.07) is 15.1. The number of aryl methyl sites for hydroxylation is 1. The molecule has 0 aliphatic rings. The van der Waals surface area contributed by atoms with Crippen LogP contribution in [0.3, 0.4) is 0 Å². The second-order valence-electron chi connectivity index (χ2n) is 4.91. The summed E-state index contributed by atoms with van der Waals surface area (Å²) in [4.78, 5) is 11.8. The van der Waals surface area contributed by atoms with E-state index in [0.29, 0.717) is 30.9 Å². The average molecular weight is 284 g/mol. The molecule has 0 radical (unpaired) electrons. The van der Waals surface area contributed by atoms with Gasteiger partial charge >= 0.3 is 0 Å². The molecule has 21 heavy (non-hydrogen) atoms. The Morgan fingerprint density at radius 1 is 1.19 bits per heavy atom. The summed E-state index contributed by atoms with van der Waals surface area (Å²) in [5.41, 5.74) is 8.34. The highest BCUT2D eigenvalue weighted by Crippen LogP contribution is 2.19. The molecule has 2 rings (SSSR count). The van der Waals surface area contributed by atoms with Crippen LogP contribution in [-0.4, -0.2) is 12.5 Å². The molecule has 3 N–H and O–H groups in total. The van der Waals surface area contributed by atoms with E-state index in [2.05, 4.69) is 5.32 Å². The third-order valence-corrected chi connectivity index (χ3v) is 3.03. The van der Waals surface area contributed by atoms with Crippen LogP contribution in [0, 0.1) is 6.92 Å². The summed E-state index contributed by atoms with van der Waals surface area (Å²) in [6.07, 6.45) is 1.06. The van der Waals surface area contributed by atoms with E-state index in [0.717, 1.165) is 11.3 Å². The van der Waals surface area contributed by atoms with E-state index in [4.69, 9.17) is 10.5 Å². The number of amides is 1. The SMILES string of the molecule is Cc1cccc(NC(=O)CCCOc2ccccc2N)c1. The predicted octanol–water partition coefficient (Wildman–Crippen LogP) is 3.37. The number of carbonyl (C=O) groups excluding carboxylic acids is 1. The van der Waals surface area contributed by atoms with Gasteiger partial charge in [0, 0.05) is 12.1 Å². The number of nitrogens with one attached hydrogen (secondary N) is 1. The summed E-state index contributed by atoms with van der Waals surface area (Å²) in [6.45, 7) is 2.46. The van der Waals surface area contributed by atoms with Crippen molar-refractivity contribution in [1.82, 2.24) is 0 Å². The van der Waals surface area contributed by atoms with Crippen LogP contribution < -0.4 is 15.8 Å². The van der Waals surface area contributed by atoms with E-state index in [-0.39, 0.29) is 5.91 Å². The van der Waals surface area contributed by atoms with Gasteiger partial charge in [0.25, 0.3) is 0 Å². The van der Waals surface area contributed by atoms with E-state index >= 15 is 0 Å². The molecule has 0 unspecified atom stereocenters. The average Bonchev–Trinajstić information content (AvgIpc) is 2.45. The van der Waals surface area contributed by atoms with E-state index in [1.807, 2.05) is 49.4 Å². The first-order valence-electron chi connectivity index (χ1n) is 6.99. The van der Waals surface area contributed by atoms with Gasteiger partial charge in [-0.15, -0.1) is 0 Å². The quantitative estimate of drug-likeness (QED) is 0.631. The van der Waals surface area contributed by atoms with Crippen LogP contribution >= 0.6 is 0 Å². The van der Waals surface area contributed by atoms with Crippen LogP contribution in [0.5, 0.6) is 5.75 Å². The number of anilines is 2. The fraction of sp³-hybridized carbons (Fsp3) is 0.235. The van der Waals surface area contributed by atoms with Gasteiger partial charge < -0.3 is 15.8 Å². The lowest BCUT2D eigenvalue weighted by Gasteiger charge is -2.09. The van der Waals surface area contributed by atoms with E-state index in [1.54, 1.807) is 6.07 Å². The molecular weight excluding hydrogens is 264 g/mol. The van der Waals surface area contributed by atoms with Gasteiger partial charge in [-0.2, -0.15) is 0 Å². The lowest BCUT2D eigenvalue weighted by molar-refractivity contribution is -0.116. The minimum Gasteiger partial charge on any atom is -0.491 e. The Balaban J connectivity index is 1.71. The number of nitrogens with two attached hydrogens (primary N) is 1. The van der Waals surface area contributed by atoms with Crippen molar-refractivity contribution in [3.63, 3.8) is 0 Å². The molecule has 0 saturated carbocycles. The Hall–Kier alpha value is -2.49. The normalized spacial score (nSPS) is 10.1. The fourth-order valence-electron chi connectivity index (χ4n) is 1.97. The third kappa shape index (κ3) is 4.84. The molecular formula is C17H20N2O2. The number of hydrogen-bond donors (Lipinski definition) is 2. The molecule has 2 aromatic carbocycles. The number of ether oxygens (including phenoxy) is 1. The lowest BCUT2D eigenvalue weighted by Crippen LogP contribution is -2.13. The van der Waals surface area contributed by atoms with Gasteiger partial charge in [-0.25, -0.2) is 0 Å². The highest BCUT2D eigenvalue weighted by Gasteiger charge is 2.03. The zero-order chi connectivity index (χ0) is 15.1. The Kier molecular flexibility index (Phi) is 5.21. The van der Waals surface area contributed by atoms with Crippen LogP contribution in [0.4, 0.5) is 11.4 Å². The van der Waals surface area contributed by atoms with E-state index < -0.39 is 0 Å². The van der Waals surface area contributed by atoms with Gasteiger partial charge in [-0.3, -0.25) is 4.79 Å². The van der Waals surface area contributed by atoms with Crippen LogP contribution in [0.25, 0.3) is 0 Å². The molecule has 4 heteroatoms. The first-order valence-corrected chi connectivity index (χ1v) is 6.99. The fourth-order valence-corrected chi connectivity index (χ4v) is 1.97. The maximum Gasteiger partial charge on any atom is 0.224 e. The lowest BCUT2D eigenvalue weighted by atomic mass is 10.2. The number of rotatable bonds is 6. The minimum absolute atomic E-state index is 0.00904. The van der Waals surface area contributed by atoms with Crippen molar-refractivity contribution < 1.29 is 9.53 Å². The van der Waals surface area contributed by atoms with Crippen LogP contribution in [0.15, 0.2) is 48.5 Å². The number of hydrogen-bond acceptors (Lipinski definition) is 3. The number of para-hydroxylation sites is 2. The van der Waals surface area contributed by atoms with Gasteiger partial charge in [0.2, 0.25) is 5.91 Å². The van der Waals surface area contributed by atoms with Crippen molar-refractivity contribution >= 4 is 17.3 Å². The topological polar surface area (TPSA) is 64.3 Å². The Labute approximate surface area is 124 Å². The highest BCUT2D eigenvalue weighted by atomic mass is 16.5. The monoisotopic (exact) mass is 284 g/mol. The van der Waals surface area contributed by atoms with Crippen LogP contribution in [-0.2, 0) is 4.79 Å². The van der Waals surface area contributed by atoms with E-state index in [9.17, 15) is 4.79 Å². The van der Waals surface area contributed by atoms with E-state index in [1.165, 1.54) is 0 Å². The predicted molar refractivity (Wildman–Crippen MR) is 85.4 cm³/mol. The Bertz CT molecular complexity index is 611. The molecule has 0 spiro atoms. The van der Waals surface area contributed by atoms with Crippen molar-refractivity contribution in [3.05, 3.63) is 54.1 Å². The van der Waals surface area contributed by atoms with Crippen molar-refractivity contribution in [3.8, 4) is 5.75 Å². The highest BCUT2D eigenvalue weighted by molar-refractivity contribution is 5.90. The van der Waals surface area contributed by atoms with Crippen LogP contribution in [0.2, 0.25) is 0 Å². The molecule has 2 aromatic rings. The largest absolute Gasteiger partial charge is 0.491 e. The zero-order valence-corrected chi connectivity index (χ0v) is 12.1. The van der Waals surface area contributed by atoms with Gasteiger partial charge in [-0.05, 0) is 43.2 Å². The molecule has 0 heterocycles. The standard InChI is InChI=1S/C17H20N2O2/c1-13-6-4-7-14(12-13)19-17(20)10-5-11-21-16-9-3-2-8-15(16)18/h2-4,6-9,12H,5,10-11,18H2,1H3,(H,19,20). The number of nitrogen functional groups attached to an aromatic ring is 1. The summed E-state index contributed by atoms with van der Waals surface area (Å²) in [5.74, 6) is 0.654. The molecule has 0 fully saturated rings. The smallest absolute Gasteiger partial charge is 0.224 e. The second-order valence-corrected chi connectivity index (χ2v) is 4.91. The molecule has 110 valence electrons. The first kappa shape index (κ1) is 14.9. The molecule has 0 aromatic heterocycles. The number of carbonyl (C=O) groups is 1. The zero-order valence-electron chi connectivity index (χ0n) is 12.1. The second kappa shape index (κ2) is 7.33. The van der Waals surface area contributed by atoms with Gasteiger partial charge in [0.1, 0.15) is 5.75 Å². The maximum atomic E-state index is 11.8. The Morgan fingerprint density at radius 2 is 2.00 bits per heavy atom. The summed E-state index contributed by atoms with van der Waals surface area (Å²) in [7, 11) is 0. The van der Waals surface area contributed by atoms with Crippen molar-refractivity contribution in [1.29, 1.82) is 0 Å². The summed E-state index contributed by atoms with van der Waals surface area (Å²) < 4.78 is 5.55. The maximum absolute atomic E-state index is 11.8. The minimum atomic E-state index is -0.00904. The third-order valence-electron chi connectivity index (χ3n) is 3.03. The summed E-state index contributed by atoms with van der Waals surface area (Å²) >= 11 is 0. The molecule has 0 bridgehead atoms. The molecule has 0 aliphatic heterocycles. The molecule has 0 aliphatic carbocycles. The van der Waals surface area contributed by atoms with Gasteiger partial charge in [-0.1, -0.05) is 24.3 Å². The Morgan fingerprint density at radius 3 is 2.76 bits per heavy atom. The summed E-state index contributed by atoms with van der Waals surface area (Å²) in [5, 5.41) is 2.87. The van der Waals surface area contributed by atoms with Gasteiger partial charge in [0.05, 0.1) is 12.3 Å². The van der Waals surface area contributed by atoms with Crippen LogP contribution in [0.1, 0.15) is 18.4 Å². The first-order chi connectivity index (χ1) is 10.1. The van der Waals surface area contributed by atoms with Crippen molar-refractivity contribution in [2.24, 2.45) is 0 Å². The van der Waals surface area contributed by atoms with Crippen molar-refractivity contribution in [2.75, 3.05) is 17.7 Å². The van der Waals surface area contributed by atoms with Gasteiger partial charge in [0.15, 0.2) is 0 Å². The van der Waals surface area contributed by atoms with Crippen molar-refractivity contribution in [2.45, 2.75) is 19.8 Å². The molecule has 0 saturated heterocycles. The molecule has 4 nitrogen and oxygen atoms in total. The molecule has 0 atom stereocenters. The molecule has 1 amide bonds. The number of benzene rings is 2.